The summed E-state index contributed by atoms with van der Waals surface area (Å²) in [5.41, 5.74) is 1.98. The summed E-state index contributed by atoms with van der Waals surface area (Å²) in [6, 6.07) is 10.3. The molecule has 29 heavy (non-hydrogen) atoms. The van der Waals surface area contributed by atoms with Gasteiger partial charge in [0, 0.05) is 6.42 Å². The van der Waals surface area contributed by atoms with Crippen molar-refractivity contribution in [3.05, 3.63) is 41.5 Å². The molecule has 0 bridgehead atoms. The van der Waals surface area contributed by atoms with Crippen LogP contribution in [0.15, 0.2) is 35.9 Å². The van der Waals surface area contributed by atoms with Gasteiger partial charge in [-0.05, 0) is 104 Å². The molecule has 156 valence electrons. The SMILES string of the molecule is CC12CC(=Cc3ccccc3)C(=O)CC1CCC1C2CCC2(C)C1CCC2(C)O. The number of rotatable bonds is 1. The van der Waals surface area contributed by atoms with Crippen LogP contribution in [0.3, 0.4) is 0 Å². The summed E-state index contributed by atoms with van der Waals surface area (Å²) in [7, 11) is 0. The predicted octanol–water partition coefficient (Wildman–Crippen LogP) is 6.04. The molecule has 2 nitrogen and oxygen atoms in total. The summed E-state index contributed by atoms with van der Waals surface area (Å²) in [6.45, 7) is 6.94. The molecule has 4 fully saturated rings. The van der Waals surface area contributed by atoms with Gasteiger partial charge >= 0.3 is 0 Å². The van der Waals surface area contributed by atoms with Crippen LogP contribution in [-0.2, 0) is 4.79 Å². The van der Waals surface area contributed by atoms with Crippen molar-refractivity contribution in [2.45, 2.75) is 77.7 Å². The number of allylic oxidation sites excluding steroid dienone is 1. The van der Waals surface area contributed by atoms with Crippen molar-refractivity contribution in [1.29, 1.82) is 0 Å². The second-order valence-corrected chi connectivity index (χ2v) is 11.3. The summed E-state index contributed by atoms with van der Waals surface area (Å²) >= 11 is 0. The molecule has 0 aromatic heterocycles. The molecular weight excluding hydrogens is 356 g/mol. The van der Waals surface area contributed by atoms with E-state index in [0.717, 1.165) is 42.7 Å². The van der Waals surface area contributed by atoms with Gasteiger partial charge in [-0.3, -0.25) is 4.79 Å². The fraction of sp³-hybridized carbons (Fsp3) is 0.667. The Balaban J connectivity index is 1.46. The summed E-state index contributed by atoms with van der Waals surface area (Å²) < 4.78 is 0. The lowest BCUT2D eigenvalue weighted by Gasteiger charge is -2.61. The van der Waals surface area contributed by atoms with Crippen LogP contribution >= 0.6 is 0 Å². The van der Waals surface area contributed by atoms with Gasteiger partial charge in [0.05, 0.1) is 5.60 Å². The first-order chi connectivity index (χ1) is 13.7. The van der Waals surface area contributed by atoms with E-state index >= 15 is 0 Å². The van der Waals surface area contributed by atoms with Crippen molar-refractivity contribution in [3.63, 3.8) is 0 Å². The zero-order valence-electron chi connectivity index (χ0n) is 18.3. The summed E-state index contributed by atoms with van der Waals surface area (Å²) in [6.07, 6.45) is 10.8. The van der Waals surface area contributed by atoms with E-state index in [4.69, 9.17) is 0 Å². The topological polar surface area (TPSA) is 37.3 Å². The van der Waals surface area contributed by atoms with E-state index in [9.17, 15) is 9.90 Å². The van der Waals surface area contributed by atoms with Crippen LogP contribution in [0.5, 0.6) is 0 Å². The average Bonchev–Trinajstić information content (AvgIpc) is 2.93. The maximum atomic E-state index is 13.0. The third kappa shape index (κ3) is 2.81. The fourth-order valence-electron chi connectivity index (χ4n) is 8.13. The van der Waals surface area contributed by atoms with Crippen LogP contribution in [0, 0.1) is 34.5 Å². The standard InChI is InChI=1S/C27H36O2/c1-25-17-19(15-18-7-5-4-6-8-18)24(28)16-20(25)9-10-21-22(25)11-13-26(2)23(21)12-14-27(26,3)29/h4-8,15,20-23,29H,9-14,16-17H2,1-3H3. The zero-order chi connectivity index (χ0) is 20.4. The number of hydrogen-bond acceptors (Lipinski definition) is 2. The van der Waals surface area contributed by atoms with Gasteiger partial charge in [0.15, 0.2) is 5.78 Å². The Hall–Kier alpha value is -1.41. The minimum Gasteiger partial charge on any atom is -0.390 e. The van der Waals surface area contributed by atoms with Crippen LogP contribution in [0.4, 0.5) is 0 Å². The first-order valence-electron chi connectivity index (χ1n) is 11.8. The molecule has 1 aromatic carbocycles. The first kappa shape index (κ1) is 19.5. The lowest BCUT2D eigenvalue weighted by molar-refractivity contribution is -0.147. The van der Waals surface area contributed by atoms with Gasteiger partial charge in [0.2, 0.25) is 0 Å². The minimum atomic E-state index is -0.513. The van der Waals surface area contributed by atoms with Crippen LogP contribution in [-0.4, -0.2) is 16.5 Å². The molecule has 4 saturated carbocycles. The van der Waals surface area contributed by atoms with Crippen molar-refractivity contribution >= 4 is 11.9 Å². The maximum absolute atomic E-state index is 13.0. The van der Waals surface area contributed by atoms with E-state index in [2.05, 4.69) is 51.1 Å². The third-order valence-electron chi connectivity index (χ3n) is 10.1. The normalized spacial score (nSPS) is 48.1. The molecule has 1 N–H and O–H groups in total. The summed E-state index contributed by atoms with van der Waals surface area (Å²) in [4.78, 5) is 13.0. The molecule has 0 saturated heterocycles. The van der Waals surface area contributed by atoms with Crippen molar-refractivity contribution in [2.75, 3.05) is 0 Å². The Morgan fingerprint density at radius 3 is 2.45 bits per heavy atom. The first-order valence-corrected chi connectivity index (χ1v) is 11.8. The van der Waals surface area contributed by atoms with Crippen molar-refractivity contribution in [3.8, 4) is 0 Å². The lowest BCUT2D eigenvalue weighted by atomic mass is 9.44. The molecular formula is C27H36O2. The molecule has 0 spiro atoms. The molecule has 1 aromatic rings. The third-order valence-corrected chi connectivity index (χ3v) is 10.1. The van der Waals surface area contributed by atoms with Gasteiger partial charge in [-0.1, -0.05) is 44.2 Å². The molecule has 7 unspecified atom stereocenters. The molecule has 0 amide bonds. The quantitative estimate of drug-likeness (QED) is 0.591. The highest BCUT2D eigenvalue weighted by Gasteiger charge is 2.63. The Labute approximate surface area is 175 Å². The smallest absolute Gasteiger partial charge is 0.159 e. The van der Waals surface area contributed by atoms with Crippen LogP contribution in [0.1, 0.15) is 77.7 Å². The van der Waals surface area contributed by atoms with Gasteiger partial charge in [-0.2, -0.15) is 0 Å². The highest BCUT2D eigenvalue weighted by molar-refractivity contribution is 6.00. The highest BCUT2D eigenvalue weighted by Crippen LogP contribution is 2.68. The molecule has 0 aliphatic heterocycles. The van der Waals surface area contributed by atoms with E-state index in [1.54, 1.807) is 0 Å². The van der Waals surface area contributed by atoms with Crippen molar-refractivity contribution < 1.29 is 9.90 Å². The molecule has 5 rings (SSSR count). The van der Waals surface area contributed by atoms with Gasteiger partial charge in [-0.15, -0.1) is 0 Å². The second-order valence-electron chi connectivity index (χ2n) is 11.3. The van der Waals surface area contributed by atoms with Crippen LogP contribution in [0.25, 0.3) is 6.08 Å². The number of carbonyl (C=O) groups is 1. The second kappa shape index (κ2) is 6.54. The minimum absolute atomic E-state index is 0.0740. The van der Waals surface area contributed by atoms with Gasteiger partial charge in [-0.25, -0.2) is 0 Å². The number of ketones is 1. The van der Waals surface area contributed by atoms with E-state index in [0.29, 0.717) is 23.5 Å². The monoisotopic (exact) mass is 392 g/mol. The summed E-state index contributed by atoms with van der Waals surface area (Å²) in [5, 5.41) is 11.1. The Kier molecular flexibility index (Phi) is 4.41. The van der Waals surface area contributed by atoms with Gasteiger partial charge in [0.25, 0.3) is 0 Å². The molecule has 4 aliphatic carbocycles. The van der Waals surface area contributed by atoms with Crippen molar-refractivity contribution in [2.24, 2.45) is 34.5 Å². The number of Topliss-reactive ketones (excluding diaryl/α,β-unsaturated/α-hetero) is 1. The van der Waals surface area contributed by atoms with Gasteiger partial charge < -0.3 is 5.11 Å². The highest BCUT2D eigenvalue weighted by atomic mass is 16.3. The van der Waals surface area contributed by atoms with Crippen LogP contribution in [0.2, 0.25) is 0 Å². The number of fused-ring (bicyclic) bond motifs is 5. The molecule has 0 radical (unpaired) electrons. The van der Waals surface area contributed by atoms with E-state index in [1.165, 1.54) is 25.7 Å². The molecule has 0 heterocycles. The lowest BCUT2D eigenvalue weighted by Crippen LogP contribution is -2.56. The average molecular weight is 393 g/mol. The zero-order valence-corrected chi connectivity index (χ0v) is 18.3. The Bertz CT molecular complexity index is 837. The Morgan fingerprint density at radius 2 is 1.69 bits per heavy atom. The van der Waals surface area contributed by atoms with Gasteiger partial charge in [0.1, 0.15) is 0 Å². The Morgan fingerprint density at radius 1 is 0.966 bits per heavy atom. The number of carbonyl (C=O) groups excluding carboxylic acids is 1. The van der Waals surface area contributed by atoms with Crippen LogP contribution < -0.4 is 0 Å². The number of hydrogen-bond donors (Lipinski definition) is 1. The number of benzene rings is 1. The van der Waals surface area contributed by atoms with E-state index < -0.39 is 5.60 Å². The van der Waals surface area contributed by atoms with Crippen molar-refractivity contribution in [1.82, 2.24) is 0 Å². The summed E-state index contributed by atoms with van der Waals surface area (Å²) in [5.74, 6) is 2.97. The van der Waals surface area contributed by atoms with E-state index in [-0.39, 0.29) is 10.8 Å². The van der Waals surface area contributed by atoms with E-state index in [1.807, 2.05) is 6.07 Å². The molecule has 7 atom stereocenters. The molecule has 2 heteroatoms. The largest absolute Gasteiger partial charge is 0.390 e. The fourth-order valence-corrected chi connectivity index (χ4v) is 8.13. The number of aliphatic hydroxyl groups is 1. The maximum Gasteiger partial charge on any atom is 0.159 e. The molecule has 4 aliphatic rings. The predicted molar refractivity (Wildman–Crippen MR) is 117 cm³/mol.